The standard InChI is InChI=1S/C16H13ClN2O2/c1-19-14-3-2-9(4-10(14)7-15(19)20)16(21)11-5-12(17)8-13(18)6-11/h2-6,8H,7,18H2,1H3. The molecular weight excluding hydrogens is 288 g/mol. The van der Waals surface area contributed by atoms with E-state index in [0.29, 0.717) is 28.3 Å². The molecule has 0 bridgehead atoms. The Morgan fingerprint density at radius 1 is 1.19 bits per heavy atom. The number of likely N-dealkylation sites (N-methyl/N-ethyl adjacent to an activating group) is 1. The minimum atomic E-state index is -0.158. The predicted octanol–water partition coefficient (Wildman–Crippen LogP) is 2.67. The van der Waals surface area contributed by atoms with Crippen LogP contribution < -0.4 is 10.6 Å². The number of rotatable bonds is 2. The summed E-state index contributed by atoms with van der Waals surface area (Å²) in [6.45, 7) is 0. The van der Waals surface area contributed by atoms with Crippen molar-refractivity contribution in [1.82, 2.24) is 0 Å². The van der Waals surface area contributed by atoms with Gasteiger partial charge in [0.25, 0.3) is 0 Å². The lowest BCUT2D eigenvalue weighted by atomic mass is 10.00. The maximum atomic E-state index is 12.5. The molecule has 2 aromatic rings. The van der Waals surface area contributed by atoms with E-state index in [9.17, 15) is 9.59 Å². The summed E-state index contributed by atoms with van der Waals surface area (Å²) >= 11 is 5.93. The molecule has 1 amide bonds. The zero-order chi connectivity index (χ0) is 15.1. The lowest BCUT2D eigenvalue weighted by Gasteiger charge is -2.10. The maximum absolute atomic E-state index is 12.5. The molecule has 0 saturated carbocycles. The van der Waals surface area contributed by atoms with Crippen molar-refractivity contribution in [1.29, 1.82) is 0 Å². The molecule has 0 aromatic heterocycles. The van der Waals surface area contributed by atoms with Gasteiger partial charge in [-0.25, -0.2) is 0 Å². The smallest absolute Gasteiger partial charge is 0.231 e. The van der Waals surface area contributed by atoms with Crippen molar-refractivity contribution < 1.29 is 9.59 Å². The molecule has 5 heteroatoms. The van der Waals surface area contributed by atoms with Crippen molar-refractivity contribution in [3.05, 3.63) is 58.1 Å². The van der Waals surface area contributed by atoms with E-state index in [2.05, 4.69) is 0 Å². The molecule has 0 aliphatic carbocycles. The molecule has 4 nitrogen and oxygen atoms in total. The number of benzene rings is 2. The van der Waals surface area contributed by atoms with Gasteiger partial charge >= 0.3 is 0 Å². The lowest BCUT2D eigenvalue weighted by Crippen LogP contribution is -2.20. The monoisotopic (exact) mass is 300 g/mol. The van der Waals surface area contributed by atoms with Gasteiger partial charge < -0.3 is 10.6 Å². The fourth-order valence-electron chi connectivity index (χ4n) is 2.52. The van der Waals surface area contributed by atoms with Crippen LogP contribution in [0, 0.1) is 0 Å². The second-order valence-electron chi connectivity index (χ2n) is 5.08. The molecule has 106 valence electrons. The molecule has 3 rings (SSSR count). The second-order valence-corrected chi connectivity index (χ2v) is 5.51. The van der Waals surface area contributed by atoms with Crippen molar-refractivity contribution in [2.75, 3.05) is 17.7 Å². The summed E-state index contributed by atoms with van der Waals surface area (Å²) in [6.07, 6.45) is 0.324. The highest BCUT2D eigenvalue weighted by molar-refractivity contribution is 6.31. The second kappa shape index (κ2) is 4.90. The van der Waals surface area contributed by atoms with Gasteiger partial charge in [0.05, 0.1) is 6.42 Å². The van der Waals surface area contributed by atoms with Crippen molar-refractivity contribution >= 4 is 34.7 Å². The van der Waals surface area contributed by atoms with E-state index in [0.717, 1.165) is 11.3 Å². The number of hydrogen-bond acceptors (Lipinski definition) is 3. The molecule has 0 unspecified atom stereocenters. The summed E-state index contributed by atoms with van der Waals surface area (Å²) in [5.41, 5.74) is 8.84. The molecule has 2 N–H and O–H groups in total. The van der Waals surface area contributed by atoms with Crippen LogP contribution in [0.25, 0.3) is 0 Å². The zero-order valence-corrected chi connectivity index (χ0v) is 12.1. The molecular formula is C16H13ClN2O2. The van der Waals surface area contributed by atoms with Gasteiger partial charge in [0, 0.05) is 34.6 Å². The molecule has 0 spiro atoms. The van der Waals surface area contributed by atoms with E-state index in [1.165, 1.54) is 0 Å². The van der Waals surface area contributed by atoms with Crippen molar-refractivity contribution in [2.45, 2.75) is 6.42 Å². The van der Waals surface area contributed by atoms with Crippen LogP contribution in [0.15, 0.2) is 36.4 Å². The Bertz CT molecular complexity index is 751. The van der Waals surface area contributed by atoms with Crippen LogP contribution in [0.3, 0.4) is 0 Å². The third kappa shape index (κ3) is 2.38. The van der Waals surface area contributed by atoms with Crippen LogP contribution in [-0.4, -0.2) is 18.7 Å². The zero-order valence-electron chi connectivity index (χ0n) is 11.4. The summed E-state index contributed by atoms with van der Waals surface area (Å²) in [6, 6.07) is 10.0. The maximum Gasteiger partial charge on any atom is 0.231 e. The van der Waals surface area contributed by atoms with Crippen LogP contribution in [-0.2, 0) is 11.2 Å². The summed E-state index contributed by atoms with van der Waals surface area (Å²) < 4.78 is 0. The first-order valence-electron chi connectivity index (χ1n) is 6.46. The number of nitrogens with two attached hydrogens (primary N) is 1. The van der Waals surface area contributed by atoms with E-state index in [-0.39, 0.29) is 11.7 Å². The molecule has 0 radical (unpaired) electrons. The number of nitrogen functional groups attached to an aromatic ring is 1. The number of ketones is 1. The van der Waals surface area contributed by atoms with E-state index < -0.39 is 0 Å². The average molecular weight is 301 g/mol. The fraction of sp³-hybridized carbons (Fsp3) is 0.125. The highest BCUT2D eigenvalue weighted by Crippen LogP contribution is 2.29. The fourth-order valence-corrected chi connectivity index (χ4v) is 2.77. The Morgan fingerprint density at radius 2 is 1.95 bits per heavy atom. The normalized spacial score (nSPS) is 13.4. The predicted molar refractivity (Wildman–Crippen MR) is 82.9 cm³/mol. The summed E-state index contributed by atoms with van der Waals surface area (Å²) in [4.78, 5) is 25.8. The molecule has 1 heterocycles. The number of amides is 1. The SMILES string of the molecule is CN1C(=O)Cc2cc(C(=O)c3cc(N)cc(Cl)c3)ccc21. The van der Waals surface area contributed by atoms with E-state index >= 15 is 0 Å². The quantitative estimate of drug-likeness (QED) is 0.685. The molecule has 0 saturated heterocycles. The highest BCUT2D eigenvalue weighted by Gasteiger charge is 2.25. The van der Waals surface area contributed by atoms with E-state index in [1.807, 2.05) is 0 Å². The number of halogens is 1. The number of anilines is 2. The number of hydrogen-bond donors (Lipinski definition) is 1. The van der Waals surface area contributed by atoms with Gasteiger partial charge in [-0.2, -0.15) is 0 Å². The minimum Gasteiger partial charge on any atom is -0.399 e. The van der Waals surface area contributed by atoms with Crippen molar-refractivity contribution in [3.63, 3.8) is 0 Å². The van der Waals surface area contributed by atoms with Crippen LogP contribution in [0.4, 0.5) is 11.4 Å². The molecule has 0 fully saturated rings. The average Bonchev–Trinajstić information content (AvgIpc) is 2.71. The molecule has 21 heavy (non-hydrogen) atoms. The Hall–Kier alpha value is -2.33. The van der Waals surface area contributed by atoms with Gasteiger partial charge in [-0.15, -0.1) is 0 Å². The third-order valence-electron chi connectivity index (χ3n) is 3.60. The van der Waals surface area contributed by atoms with Crippen molar-refractivity contribution in [3.8, 4) is 0 Å². The van der Waals surface area contributed by atoms with Gasteiger partial charge in [0.2, 0.25) is 5.91 Å². The lowest BCUT2D eigenvalue weighted by molar-refractivity contribution is -0.117. The molecule has 1 aliphatic heterocycles. The summed E-state index contributed by atoms with van der Waals surface area (Å²) in [5, 5.41) is 0.425. The third-order valence-corrected chi connectivity index (χ3v) is 3.82. The first-order valence-corrected chi connectivity index (χ1v) is 6.84. The van der Waals surface area contributed by atoms with E-state index in [4.69, 9.17) is 17.3 Å². The van der Waals surface area contributed by atoms with Crippen LogP contribution in [0.5, 0.6) is 0 Å². The summed E-state index contributed by atoms with van der Waals surface area (Å²) in [5.74, 6) is -0.129. The minimum absolute atomic E-state index is 0.0293. The first-order chi connectivity index (χ1) is 9.95. The van der Waals surface area contributed by atoms with Crippen LogP contribution in [0.2, 0.25) is 5.02 Å². The van der Waals surface area contributed by atoms with Gasteiger partial charge in [-0.3, -0.25) is 9.59 Å². The molecule has 0 atom stereocenters. The van der Waals surface area contributed by atoms with Gasteiger partial charge in [-0.05, 0) is 42.0 Å². The number of carbonyl (C=O) groups is 2. The number of fused-ring (bicyclic) bond motifs is 1. The van der Waals surface area contributed by atoms with Crippen LogP contribution in [0.1, 0.15) is 21.5 Å². The number of nitrogens with zero attached hydrogens (tertiary/aromatic N) is 1. The van der Waals surface area contributed by atoms with Gasteiger partial charge in [0.15, 0.2) is 5.78 Å². The van der Waals surface area contributed by atoms with Crippen LogP contribution >= 0.6 is 11.6 Å². The molecule has 2 aromatic carbocycles. The Morgan fingerprint density at radius 3 is 2.67 bits per heavy atom. The topological polar surface area (TPSA) is 63.4 Å². The Labute approximate surface area is 127 Å². The Balaban J connectivity index is 2.00. The first kappa shape index (κ1) is 13.6. The molecule has 1 aliphatic rings. The highest BCUT2D eigenvalue weighted by atomic mass is 35.5. The van der Waals surface area contributed by atoms with Gasteiger partial charge in [0.1, 0.15) is 0 Å². The summed E-state index contributed by atoms with van der Waals surface area (Å²) in [7, 11) is 1.73. The van der Waals surface area contributed by atoms with Gasteiger partial charge in [-0.1, -0.05) is 11.6 Å². The number of carbonyl (C=O) groups excluding carboxylic acids is 2. The van der Waals surface area contributed by atoms with Crippen molar-refractivity contribution in [2.24, 2.45) is 0 Å². The van der Waals surface area contributed by atoms with E-state index in [1.54, 1.807) is 48.3 Å². The largest absolute Gasteiger partial charge is 0.399 e. The Kier molecular flexibility index (Phi) is 3.18.